The molecule has 0 spiro atoms. The Balaban J connectivity index is 3.85. The molecule has 0 aliphatic heterocycles. The van der Waals surface area contributed by atoms with E-state index in [0.29, 0.717) is 12.1 Å². The Morgan fingerprint density at radius 3 is 2.29 bits per heavy atom. The van der Waals surface area contributed by atoms with Crippen LogP contribution in [-0.4, -0.2) is 18.5 Å². The van der Waals surface area contributed by atoms with E-state index in [-0.39, 0.29) is 12.4 Å². The van der Waals surface area contributed by atoms with Crippen molar-refractivity contribution in [1.82, 2.24) is 5.32 Å². The van der Waals surface area contributed by atoms with E-state index < -0.39 is 6.09 Å². The number of hydrogen-bond acceptors (Lipinski definition) is 3. The third kappa shape index (κ3) is 10.8. The zero-order valence-electron chi connectivity index (χ0n) is 13.5. The van der Waals surface area contributed by atoms with Crippen molar-refractivity contribution in [2.24, 2.45) is 0 Å². The molecule has 1 N–H and O–H groups in total. The molecule has 0 fully saturated rings. The first-order valence-corrected chi connectivity index (χ1v) is 7.89. The normalized spacial score (nSPS) is 11.0. The largest absolute Gasteiger partial charge is 0.445 e. The van der Waals surface area contributed by atoms with E-state index in [1.165, 1.54) is 38.2 Å². The predicted molar refractivity (Wildman–Crippen MR) is 86.1 cm³/mol. The van der Waals surface area contributed by atoms with Gasteiger partial charge in [0.15, 0.2) is 5.78 Å². The first kappa shape index (κ1) is 19.4. The number of carbonyl (C=O) groups excluding carboxylic acids is 2. The number of unbranched alkanes of at least 4 members (excludes halogenated alkanes) is 6. The van der Waals surface area contributed by atoms with Crippen LogP contribution in [0.25, 0.3) is 0 Å². The molecule has 0 aromatic heterocycles. The van der Waals surface area contributed by atoms with Gasteiger partial charge in [-0.05, 0) is 13.3 Å². The Bertz CT molecular complexity index is 348. The fourth-order valence-corrected chi connectivity index (χ4v) is 1.96. The lowest BCUT2D eigenvalue weighted by Crippen LogP contribution is -2.28. The van der Waals surface area contributed by atoms with Gasteiger partial charge in [0, 0.05) is 6.42 Å². The van der Waals surface area contributed by atoms with Crippen molar-refractivity contribution in [2.75, 3.05) is 6.61 Å². The number of hydrogen-bond donors (Lipinski definition) is 1. The van der Waals surface area contributed by atoms with Gasteiger partial charge in [-0.1, -0.05) is 64.2 Å². The summed E-state index contributed by atoms with van der Waals surface area (Å²) in [5.41, 5.74) is 0.315. The number of alkyl carbamates (subject to hydrolysis) is 1. The molecule has 120 valence electrons. The predicted octanol–water partition coefficient (Wildman–Crippen LogP) is 4.51. The fraction of sp³-hybridized carbons (Fsp3) is 0.647. The Kier molecular flexibility index (Phi) is 12.4. The van der Waals surface area contributed by atoms with Gasteiger partial charge in [0.05, 0.1) is 5.70 Å². The number of allylic oxidation sites excluding steroid dienone is 2. The SMILES string of the molecule is C=CCOC(=O)N/C(=C\C)C(=O)CCCCCCCCC. The number of ketones is 1. The van der Waals surface area contributed by atoms with E-state index >= 15 is 0 Å². The maximum Gasteiger partial charge on any atom is 0.412 e. The van der Waals surface area contributed by atoms with Gasteiger partial charge in [-0.2, -0.15) is 0 Å². The molecule has 0 aromatic carbocycles. The molecule has 0 bridgehead atoms. The van der Waals surface area contributed by atoms with E-state index in [2.05, 4.69) is 18.8 Å². The summed E-state index contributed by atoms with van der Waals surface area (Å²) in [6, 6.07) is 0. The minimum atomic E-state index is -0.615. The summed E-state index contributed by atoms with van der Waals surface area (Å²) in [5, 5.41) is 2.47. The van der Waals surface area contributed by atoms with E-state index in [1.807, 2.05) is 0 Å². The van der Waals surface area contributed by atoms with Crippen LogP contribution in [0.2, 0.25) is 0 Å². The molecule has 0 heterocycles. The number of rotatable bonds is 12. The molecule has 0 rings (SSSR count). The highest BCUT2D eigenvalue weighted by atomic mass is 16.5. The average Bonchev–Trinajstić information content (AvgIpc) is 2.49. The quantitative estimate of drug-likeness (QED) is 0.327. The number of Topliss-reactive ketones (excluding diaryl/α,β-unsaturated/α-hetero) is 1. The van der Waals surface area contributed by atoms with Crippen LogP contribution in [-0.2, 0) is 9.53 Å². The Labute approximate surface area is 128 Å². The second-order valence-electron chi connectivity index (χ2n) is 5.01. The molecule has 0 radical (unpaired) electrons. The van der Waals surface area contributed by atoms with Gasteiger partial charge in [0.2, 0.25) is 0 Å². The number of amides is 1. The van der Waals surface area contributed by atoms with Crippen molar-refractivity contribution in [3.63, 3.8) is 0 Å². The lowest BCUT2D eigenvalue weighted by atomic mass is 10.1. The van der Waals surface area contributed by atoms with Crippen LogP contribution in [0, 0.1) is 0 Å². The van der Waals surface area contributed by atoms with Gasteiger partial charge in [0.25, 0.3) is 0 Å². The van der Waals surface area contributed by atoms with Crippen LogP contribution in [0.3, 0.4) is 0 Å². The summed E-state index contributed by atoms with van der Waals surface area (Å²) in [4.78, 5) is 23.3. The molecule has 0 unspecified atom stereocenters. The fourth-order valence-electron chi connectivity index (χ4n) is 1.96. The minimum Gasteiger partial charge on any atom is -0.445 e. The van der Waals surface area contributed by atoms with Gasteiger partial charge in [-0.15, -0.1) is 0 Å². The maximum absolute atomic E-state index is 12.0. The van der Waals surface area contributed by atoms with E-state index in [9.17, 15) is 9.59 Å². The number of carbonyl (C=O) groups is 2. The highest BCUT2D eigenvalue weighted by Gasteiger charge is 2.12. The van der Waals surface area contributed by atoms with Crippen LogP contribution < -0.4 is 5.32 Å². The molecule has 0 saturated heterocycles. The van der Waals surface area contributed by atoms with E-state index in [1.54, 1.807) is 13.0 Å². The van der Waals surface area contributed by atoms with Crippen molar-refractivity contribution in [3.8, 4) is 0 Å². The summed E-state index contributed by atoms with van der Waals surface area (Å²) >= 11 is 0. The lowest BCUT2D eigenvalue weighted by Gasteiger charge is -2.08. The van der Waals surface area contributed by atoms with Crippen LogP contribution >= 0.6 is 0 Å². The van der Waals surface area contributed by atoms with Crippen LogP contribution in [0.15, 0.2) is 24.4 Å². The van der Waals surface area contributed by atoms with E-state index in [0.717, 1.165) is 12.8 Å². The van der Waals surface area contributed by atoms with Crippen molar-refractivity contribution >= 4 is 11.9 Å². The third-order valence-corrected chi connectivity index (χ3v) is 3.17. The Hall–Kier alpha value is -1.58. The monoisotopic (exact) mass is 295 g/mol. The molecule has 0 aromatic rings. The van der Waals surface area contributed by atoms with Gasteiger partial charge in [0.1, 0.15) is 6.61 Å². The van der Waals surface area contributed by atoms with Crippen molar-refractivity contribution < 1.29 is 14.3 Å². The summed E-state index contributed by atoms with van der Waals surface area (Å²) in [5.74, 6) is -0.0402. The van der Waals surface area contributed by atoms with Crippen molar-refractivity contribution in [1.29, 1.82) is 0 Å². The number of ether oxygens (including phenoxy) is 1. The molecule has 0 aliphatic carbocycles. The molecule has 1 amide bonds. The first-order valence-electron chi connectivity index (χ1n) is 7.89. The smallest absolute Gasteiger partial charge is 0.412 e. The standard InChI is InChI=1S/C17H29NO3/c1-4-7-8-9-10-11-12-13-16(19)15(6-3)18-17(20)21-14-5-2/h5-6H,2,4,7-14H2,1,3H3,(H,18,20)/b15-6-. The zero-order valence-corrected chi connectivity index (χ0v) is 13.5. The van der Waals surface area contributed by atoms with Crippen molar-refractivity contribution in [3.05, 3.63) is 24.4 Å². The molecule has 21 heavy (non-hydrogen) atoms. The molecule has 4 heteroatoms. The van der Waals surface area contributed by atoms with Gasteiger partial charge in [-0.25, -0.2) is 4.79 Å². The van der Waals surface area contributed by atoms with Crippen LogP contribution in [0.4, 0.5) is 4.79 Å². The summed E-state index contributed by atoms with van der Waals surface area (Å²) in [7, 11) is 0. The summed E-state index contributed by atoms with van der Waals surface area (Å²) in [6.07, 6.45) is 11.1. The van der Waals surface area contributed by atoms with Gasteiger partial charge < -0.3 is 4.74 Å². The first-order chi connectivity index (χ1) is 10.2. The number of nitrogens with one attached hydrogen (secondary N) is 1. The minimum absolute atomic E-state index is 0.0402. The Morgan fingerprint density at radius 1 is 1.10 bits per heavy atom. The van der Waals surface area contributed by atoms with Crippen LogP contribution in [0.1, 0.15) is 65.2 Å². The van der Waals surface area contributed by atoms with Crippen molar-refractivity contribution in [2.45, 2.75) is 65.2 Å². The van der Waals surface area contributed by atoms with Crippen LogP contribution in [0.5, 0.6) is 0 Å². The second-order valence-corrected chi connectivity index (χ2v) is 5.01. The highest BCUT2D eigenvalue weighted by molar-refractivity contribution is 5.97. The average molecular weight is 295 g/mol. The zero-order chi connectivity index (χ0) is 15.9. The maximum atomic E-state index is 12.0. The Morgan fingerprint density at radius 2 is 1.71 bits per heavy atom. The molecular formula is C17H29NO3. The molecule has 4 nitrogen and oxygen atoms in total. The lowest BCUT2D eigenvalue weighted by molar-refractivity contribution is -0.116. The van der Waals surface area contributed by atoms with E-state index in [4.69, 9.17) is 4.74 Å². The second kappa shape index (κ2) is 13.4. The van der Waals surface area contributed by atoms with Gasteiger partial charge >= 0.3 is 6.09 Å². The van der Waals surface area contributed by atoms with Gasteiger partial charge in [-0.3, -0.25) is 10.1 Å². The third-order valence-electron chi connectivity index (χ3n) is 3.17. The summed E-state index contributed by atoms with van der Waals surface area (Å²) in [6.45, 7) is 7.52. The topological polar surface area (TPSA) is 55.4 Å². The summed E-state index contributed by atoms with van der Waals surface area (Å²) < 4.78 is 4.79. The molecule has 0 atom stereocenters. The highest BCUT2D eigenvalue weighted by Crippen LogP contribution is 2.10. The molecular weight excluding hydrogens is 266 g/mol. The molecule has 0 aliphatic rings. The molecule has 0 saturated carbocycles.